The third-order valence-corrected chi connectivity index (χ3v) is 4.42. The van der Waals surface area contributed by atoms with Gasteiger partial charge in [0.1, 0.15) is 0 Å². The molecule has 2 rings (SSSR count). The van der Waals surface area contributed by atoms with E-state index >= 15 is 0 Å². The number of hydrogen-bond acceptors (Lipinski definition) is 4. The molecule has 1 aromatic carbocycles. The number of methoxy groups -OCH3 is 1. The Hall–Kier alpha value is -1.92. The highest BCUT2D eigenvalue weighted by Crippen LogP contribution is 2.19. The Morgan fingerprint density at radius 3 is 2.67 bits per heavy atom. The van der Waals surface area contributed by atoms with Crippen molar-refractivity contribution in [1.82, 2.24) is 9.80 Å². The van der Waals surface area contributed by atoms with Gasteiger partial charge in [0, 0.05) is 38.3 Å². The number of piperazine rings is 1. The second-order valence-corrected chi connectivity index (χ2v) is 5.83. The maximum absolute atomic E-state index is 13.4. The number of carbonyl (C=O) groups is 1. The van der Waals surface area contributed by atoms with Gasteiger partial charge in [-0.15, -0.1) is 0 Å². The highest BCUT2D eigenvalue weighted by molar-refractivity contribution is 5.91. The van der Waals surface area contributed by atoms with E-state index in [2.05, 4.69) is 11.8 Å². The Morgan fingerprint density at radius 2 is 2.08 bits per heavy atom. The summed E-state index contributed by atoms with van der Waals surface area (Å²) in [6, 6.07) is 4.66. The van der Waals surface area contributed by atoms with Gasteiger partial charge in [0.15, 0.2) is 11.6 Å². The first-order valence-electron chi connectivity index (χ1n) is 8.24. The van der Waals surface area contributed by atoms with Crippen molar-refractivity contribution in [3.8, 4) is 5.75 Å². The third-order valence-electron chi connectivity index (χ3n) is 4.42. The van der Waals surface area contributed by atoms with Crippen molar-refractivity contribution in [1.29, 1.82) is 0 Å². The lowest BCUT2D eigenvalue weighted by atomic mass is 10.1. The van der Waals surface area contributed by atoms with Gasteiger partial charge in [-0.3, -0.25) is 9.69 Å². The fourth-order valence-electron chi connectivity index (χ4n) is 2.86. The number of benzene rings is 1. The molecule has 1 unspecified atom stereocenters. The molecule has 1 aromatic rings. The quantitative estimate of drug-likeness (QED) is 0.805. The fraction of sp³-hybridized carbons (Fsp3) is 0.500. The SMILES string of the molecule is CCC(CO)N1CCN(C(=O)/C=C/c2ccc(F)c(OC)c2)CC1. The zero-order chi connectivity index (χ0) is 17.5. The van der Waals surface area contributed by atoms with Crippen LogP contribution in [0.2, 0.25) is 0 Å². The molecule has 1 N–H and O–H groups in total. The monoisotopic (exact) mass is 336 g/mol. The Bertz CT molecular complexity index is 580. The van der Waals surface area contributed by atoms with E-state index in [4.69, 9.17) is 4.74 Å². The molecule has 1 atom stereocenters. The van der Waals surface area contributed by atoms with Crippen molar-refractivity contribution in [2.24, 2.45) is 0 Å². The van der Waals surface area contributed by atoms with Gasteiger partial charge in [0.25, 0.3) is 0 Å². The average Bonchev–Trinajstić information content (AvgIpc) is 2.62. The van der Waals surface area contributed by atoms with Gasteiger partial charge in [-0.1, -0.05) is 13.0 Å². The highest BCUT2D eigenvalue weighted by atomic mass is 19.1. The van der Waals surface area contributed by atoms with E-state index in [0.29, 0.717) is 18.7 Å². The number of aliphatic hydroxyl groups excluding tert-OH is 1. The molecule has 1 fully saturated rings. The standard InChI is InChI=1S/C18H25FN2O3/c1-3-15(13-22)20-8-10-21(11-9-20)18(23)7-5-14-4-6-16(19)17(12-14)24-2/h4-7,12,15,22H,3,8-11,13H2,1-2H3/b7-5+. The van der Waals surface area contributed by atoms with Crippen LogP contribution >= 0.6 is 0 Å². The third kappa shape index (κ3) is 4.55. The topological polar surface area (TPSA) is 53.0 Å². The summed E-state index contributed by atoms with van der Waals surface area (Å²) in [5, 5.41) is 9.36. The minimum atomic E-state index is -0.425. The molecule has 1 aliphatic rings. The van der Waals surface area contributed by atoms with E-state index in [1.54, 1.807) is 23.1 Å². The van der Waals surface area contributed by atoms with Crippen molar-refractivity contribution >= 4 is 12.0 Å². The Labute approximate surface area is 142 Å². The number of carbonyl (C=O) groups excluding carboxylic acids is 1. The largest absolute Gasteiger partial charge is 0.494 e. The zero-order valence-electron chi connectivity index (χ0n) is 14.2. The van der Waals surface area contributed by atoms with E-state index in [1.165, 1.54) is 19.3 Å². The first kappa shape index (κ1) is 18.4. The van der Waals surface area contributed by atoms with Gasteiger partial charge in [-0.05, 0) is 30.2 Å². The summed E-state index contributed by atoms with van der Waals surface area (Å²) >= 11 is 0. The first-order valence-corrected chi connectivity index (χ1v) is 8.24. The molecular formula is C18H25FN2O3. The fourth-order valence-corrected chi connectivity index (χ4v) is 2.86. The molecule has 0 spiro atoms. The van der Waals surface area contributed by atoms with Crippen LogP contribution in [0.3, 0.4) is 0 Å². The van der Waals surface area contributed by atoms with Crippen LogP contribution in [-0.2, 0) is 4.79 Å². The number of nitrogens with zero attached hydrogens (tertiary/aromatic N) is 2. The minimum absolute atomic E-state index is 0.0602. The lowest BCUT2D eigenvalue weighted by Crippen LogP contribution is -2.52. The van der Waals surface area contributed by atoms with E-state index in [0.717, 1.165) is 19.5 Å². The normalized spacial score (nSPS) is 17.2. The molecular weight excluding hydrogens is 311 g/mol. The summed E-state index contributed by atoms with van der Waals surface area (Å²) in [6.45, 7) is 5.03. The minimum Gasteiger partial charge on any atom is -0.494 e. The van der Waals surface area contributed by atoms with Crippen molar-refractivity contribution in [2.45, 2.75) is 19.4 Å². The molecule has 0 radical (unpaired) electrons. The summed E-state index contributed by atoms with van der Waals surface area (Å²) in [4.78, 5) is 16.3. The van der Waals surface area contributed by atoms with Crippen LogP contribution in [0.5, 0.6) is 5.75 Å². The maximum atomic E-state index is 13.4. The van der Waals surface area contributed by atoms with Crippen LogP contribution < -0.4 is 4.74 Å². The summed E-state index contributed by atoms with van der Waals surface area (Å²) in [5.41, 5.74) is 0.714. The van der Waals surface area contributed by atoms with E-state index in [1.807, 2.05) is 0 Å². The van der Waals surface area contributed by atoms with Gasteiger partial charge >= 0.3 is 0 Å². The lowest BCUT2D eigenvalue weighted by molar-refractivity contribution is -0.128. The molecule has 1 amide bonds. The van der Waals surface area contributed by atoms with E-state index in [9.17, 15) is 14.3 Å². The molecule has 5 nitrogen and oxygen atoms in total. The number of rotatable bonds is 6. The smallest absolute Gasteiger partial charge is 0.246 e. The van der Waals surface area contributed by atoms with Crippen molar-refractivity contribution in [3.63, 3.8) is 0 Å². The zero-order valence-corrected chi connectivity index (χ0v) is 14.2. The predicted octanol–water partition coefficient (Wildman–Crippen LogP) is 1.76. The molecule has 6 heteroatoms. The molecule has 1 heterocycles. The van der Waals surface area contributed by atoms with Crippen LogP contribution in [0, 0.1) is 5.82 Å². The highest BCUT2D eigenvalue weighted by Gasteiger charge is 2.23. The van der Waals surface area contributed by atoms with Gasteiger partial charge in [-0.2, -0.15) is 0 Å². The van der Waals surface area contributed by atoms with Crippen molar-refractivity contribution in [3.05, 3.63) is 35.7 Å². The molecule has 0 saturated carbocycles. The van der Waals surface area contributed by atoms with Gasteiger partial charge in [0.05, 0.1) is 13.7 Å². The predicted molar refractivity (Wildman–Crippen MR) is 91.3 cm³/mol. The van der Waals surface area contributed by atoms with Gasteiger partial charge in [0.2, 0.25) is 5.91 Å². The van der Waals surface area contributed by atoms with E-state index < -0.39 is 5.82 Å². The molecule has 24 heavy (non-hydrogen) atoms. The number of hydrogen-bond donors (Lipinski definition) is 1. The second-order valence-electron chi connectivity index (χ2n) is 5.83. The molecule has 1 saturated heterocycles. The van der Waals surface area contributed by atoms with Crippen LogP contribution in [0.1, 0.15) is 18.9 Å². The molecule has 1 aliphatic heterocycles. The number of ether oxygens (including phenoxy) is 1. The Balaban J connectivity index is 1.91. The molecule has 0 aromatic heterocycles. The van der Waals surface area contributed by atoms with Gasteiger partial charge < -0.3 is 14.7 Å². The van der Waals surface area contributed by atoms with Crippen LogP contribution in [0.4, 0.5) is 4.39 Å². The first-order chi connectivity index (χ1) is 11.6. The second kappa shape index (κ2) is 8.80. The Morgan fingerprint density at radius 1 is 1.38 bits per heavy atom. The number of amides is 1. The summed E-state index contributed by atoms with van der Waals surface area (Å²) in [7, 11) is 1.41. The summed E-state index contributed by atoms with van der Waals surface area (Å²) < 4.78 is 18.3. The van der Waals surface area contributed by atoms with Crippen LogP contribution in [0.15, 0.2) is 24.3 Å². The van der Waals surface area contributed by atoms with E-state index in [-0.39, 0.29) is 24.3 Å². The summed E-state index contributed by atoms with van der Waals surface area (Å²) in [5.74, 6) is -0.325. The number of halogens is 1. The van der Waals surface area contributed by atoms with Crippen LogP contribution in [0.25, 0.3) is 6.08 Å². The summed E-state index contributed by atoms with van der Waals surface area (Å²) in [6.07, 6.45) is 4.07. The average molecular weight is 336 g/mol. The maximum Gasteiger partial charge on any atom is 0.246 e. The van der Waals surface area contributed by atoms with Crippen molar-refractivity contribution < 1.29 is 19.0 Å². The lowest BCUT2D eigenvalue weighted by Gasteiger charge is -2.38. The molecule has 0 bridgehead atoms. The Kier molecular flexibility index (Phi) is 6.75. The van der Waals surface area contributed by atoms with Gasteiger partial charge in [-0.25, -0.2) is 4.39 Å². The molecule has 0 aliphatic carbocycles. The molecule has 132 valence electrons. The number of aliphatic hydroxyl groups is 1. The van der Waals surface area contributed by atoms with Crippen molar-refractivity contribution in [2.75, 3.05) is 39.9 Å². The van der Waals surface area contributed by atoms with Crippen LogP contribution in [-0.4, -0.2) is 66.8 Å².